The minimum Gasteiger partial charge on any atom is -0.337 e. The maximum atomic E-state index is 4.07. The number of hydrogen-bond donors (Lipinski definition) is 0. The van der Waals surface area contributed by atoms with E-state index in [9.17, 15) is 0 Å². The van der Waals surface area contributed by atoms with E-state index in [4.69, 9.17) is 0 Å². The quantitative estimate of drug-likeness (QED) is 0.344. The van der Waals surface area contributed by atoms with Crippen molar-refractivity contribution in [3.05, 3.63) is 18.7 Å². The molecule has 0 spiro atoms. The van der Waals surface area contributed by atoms with Gasteiger partial charge in [-0.2, -0.15) is 0 Å². The molecule has 0 N–H and O–H groups in total. The Kier molecular flexibility index (Phi) is 15.8. The summed E-state index contributed by atoms with van der Waals surface area (Å²) in [6, 6.07) is 0. The Morgan fingerprint density at radius 1 is 0.714 bits per heavy atom. The molecule has 1 heterocycles. The lowest BCUT2D eigenvalue weighted by atomic mass is 10.0. The first kappa shape index (κ1) is 20.7. The van der Waals surface area contributed by atoms with Crippen LogP contribution in [0.1, 0.15) is 90.4 Å². The number of hydrogen-bond acceptors (Lipinski definition) is 1. The molecule has 1 rings (SSSR count). The highest BCUT2D eigenvalue weighted by Gasteiger charge is 1.94. The SMILES string of the molecule is Br.CCCCCCCCCCCCCCCn1ccnc1. The highest BCUT2D eigenvalue weighted by molar-refractivity contribution is 8.93. The van der Waals surface area contributed by atoms with Crippen molar-refractivity contribution in [2.24, 2.45) is 0 Å². The first-order chi connectivity index (χ1) is 9.93. The predicted molar refractivity (Wildman–Crippen MR) is 98.2 cm³/mol. The van der Waals surface area contributed by atoms with Crippen molar-refractivity contribution >= 4 is 17.0 Å². The van der Waals surface area contributed by atoms with E-state index in [0.717, 1.165) is 6.54 Å². The molecule has 3 heteroatoms. The van der Waals surface area contributed by atoms with Crippen molar-refractivity contribution in [3.8, 4) is 0 Å². The number of unbranched alkanes of at least 4 members (excludes halogenated alkanes) is 12. The lowest BCUT2D eigenvalue weighted by Crippen LogP contribution is -1.93. The second-order valence-electron chi connectivity index (χ2n) is 6.04. The molecule has 0 aliphatic carbocycles. The van der Waals surface area contributed by atoms with E-state index in [2.05, 4.69) is 22.7 Å². The van der Waals surface area contributed by atoms with Crippen LogP contribution in [0, 0.1) is 0 Å². The molecular formula is C18H35BrN2. The van der Waals surface area contributed by atoms with Crippen LogP contribution in [0.25, 0.3) is 0 Å². The number of imidazole rings is 1. The Morgan fingerprint density at radius 3 is 1.62 bits per heavy atom. The van der Waals surface area contributed by atoms with Gasteiger partial charge in [-0.25, -0.2) is 4.98 Å². The smallest absolute Gasteiger partial charge is 0.0945 e. The van der Waals surface area contributed by atoms with Crippen LogP contribution in [-0.2, 0) is 6.54 Å². The van der Waals surface area contributed by atoms with Gasteiger partial charge in [0, 0.05) is 18.9 Å². The summed E-state index contributed by atoms with van der Waals surface area (Å²) >= 11 is 0. The maximum Gasteiger partial charge on any atom is 0.0945 e. The zero-order valence-electron chi connectivity index (χ0n) is 13.9. The normalized spacial score (nSPS) is 10.5. The van der Waals surface area contributed by atoms with Crippen molar-refractivity contribution in [1.82, 2.24) is 9.55 Å². The fourth-order valence-corrected chi connectivity index (χ4v) is 2.73. The fraction of sp³-hybridized carbons (Fsp3) is 0.833. The molecule has 0 saturated heterocycles. The van der Waals surface area contributed by atoms with Gasteiger partial charge in [-0.05, 0) is 6.42 Å². The molecule has 0 atom stereocenters. The van der Waals surface area contributed by atoms with E-state index >= 15 is 0 Å². The van der Waals surface area contributed by atoms with Gasteiger partial charge in [0.05, 0.1) is 6.33 Å². The Hall–Kier alpha value is -0.310. The maximum absolute atomic E-state index is 4.07. The highest BCUT2D eigenvalue weighted by Crippen LogP contribution is 2.12. The summed E-state index contributed by atoms with van der Waals surface area (Å²) in [5.74, 6) is 0. The van der Waals surface area contributed by atoms with E-state index in [1.165, 1.54) is 83.5 Å². The molecule has 0 aromatic carbocycles. The van der Waals surface area contributed by atoms with E-state index in [1.54, 1.807) is 0 Å². The highest BCUT2D eigenvalue weighted by atomic mass is 79.9. The van der Waals surface area contributed by atoms with Gasteiger partial charge in [0.2, 0.25) is 0 Å². The van der Waals surface area contributed by atoms with Gasteiger partial charge >= 0.3 is 0 Å². The van der Waals surface area contributed by atoms with Gasteiger partial charge in [-0.1, -0.05) is 84.0 Å². The van der Waals surface area contributed by atoms with Crippen molar-refractivity contribution in [2.75, 3.05) is 0 Å². The molecule has 0 unspecified atom stereocenters. The topological polar surface area (TPSA) is 17.8 Å². The molecule has 0 fully saturated rings. The molecule has 2 nitrogen and oxygen atoms in total. The van der Waals surface area contributed by atoms with Crippen LogP contribution < -0.4 is 0 Å². The number of halogens is 1. The Bertz CT molecular complexity index is 285. The number of nitrogens with zero attached hydrogens (tertiary/aromatic N) is 2. The van der Waals surface area contributed by atoms with Gasteiger partial charge < -0.3 is 4.57 Å². The van der Waals surface area contributed by atoms with Crippen LogP contribution in [0.3, 0.4) is 0 Å². The van der Waals surface area contributed by atoms with Gasteiger partial charge in [0.15, 0.2) is 0 Å². The van der Waals surface area contributed by atoms with Gasteiger partial charge in [-0.15, -0.1) is 17.0 Å². The fourth-order valence-electron chi connectivity index (χ4n) is 2.73. The van der Waals surface area contributed by atoms with Crippen LogP contribution in [0.15, 0.2) is 18.7 Å². The molecule has 0 aliphatic heterocycles. The third kappa shape index (κ3) is 13.1. The second-order valence-corrected chi connectivity index (χ2v) is 6.04. The number of aromatic nitrogens is 2. The Balaban J connectivity index is 0.00000400. The lowest BCUT2D eigenvalue weighted by Gasteiger charge is -2.03. The Labute approximate surface area is 142 Å². The molecule has 0 amide bonds. The van der Waals surface area contributed by atoms with E-state index in [0.29, 0.717) is 0 Å². The van der Waals surface area contributed by atoms with Crippen LogP contribution in [0.4, 0.5) is 0 Å². The molecule has 0 saturated carbocycles. The summed E-state index contributed by atoms with van der Waals surface area (Å²) in [6.07, 6.45) is 24.3. The molecule has 124 valence electrons. The number of rotatable bonds is 14. The van der Waals surface area contributed by atoms with Gasteiger partial charge in [0.1, 0.15) is 0 Å². The van der Waals surface area contributed by atoms with E-state index < -0.39 is 0 Å². The van der Waals surface area contributed by atoms with Crippen LogP contribution in [0.5, 0.6) is 0 Å². The van der Waals surface area contributed by atoms with Crippen molar-refractivity contribution < 1.29 is 0 Å². The van der Waals surface area contributed by atoms with Crippen molar-refractivity contribution in [1.29, 1.82) is 0 Å². The third-order valence-corrected chi connectivity index (χ3v) is 4.08. The molecule has 0 aliphatic rings. The molecule has 21 heavy (non-hydrogen) atoms. The minimum absolute atomic E-state index is 0. The summed E-state index contributed by atoms with van der Waals surface area (Å²) in [5, 5.41) is 0. The lowest BCUT2D eigenvalue weighted by molar-refractivity contribution is 0.526. The molecular weight excluding hydrogens is 324 g/mol. The van der Waals surface area contributed by atoms with Gasteiger partial charge in [0.25, 0.3) is 0 Å². The summed E-state index contributed by atoms with van der Waals surface area (Å²) < 4.78 is 2.18. The van der Waals surface area contributed by atoms with Gasteiger partial charge in [-0.3, -0.25) is 0 Å². The second kappa shape index (κ2) is 16.1. The average Bonchev–Trinajstić information content (AvgIpc) is 2.97. The monoisotopic (exact) mass is 358 g/mol. The first-order valence-electron chi connectivity index (χ1n) is 8.89. The zero-order chi connectivity index (χ0) is 14.3. The Morgan fingerprint density at radius 2 is 1.19 bits per heavy atom. The molecule has 1 aromatic heterocycles. The van der Waals surface area contributed by atoms with Crippen LogP contribution >= 0.6 is 17.0 Å². The minimum atomic E-state index is 0. The molecule has 0 bridgehead atoms. The summed E-state index contributed by atoms with van der Waals surface area (Å²) in [4.78, 5) is 4.07. The average molecular weight is 359 g/mol. The van der Waals surface area contributed by atoms with Crippen molar-refractivity contribution in [2.45, 2.75) is 96.9 Å². The van der Waals surface area contributed by atoms with E-state index in [-0.39, 0.29) is 17.0 Å². The van der Waals surface area contributed by atoms with E-state index in [1.807, 2.05) is 12.5 Å². The number of aryl methyl sites for hydroxylation is 1. The predicted octanol–water partition coefficient (Wildman–Crippen LogP) is 6.55. The molecule has 1 aromatic rings. The first-order valence-corrected chi connectivity index (χ1v) is 8.89. The standard InChI is InChI=1S/C18H34N2.BrH/c1-2-3-4-5-6-7-8-9-10-11-12-13-14-16-20-17-15-19-18-20;/h15,17-18H,2-14,16H2,1H3;1H. The van der Waals surface area contributed by atoms with Crippen molar-refractivity contribution in [3.63, 3.8) is 0 Å². The van der Waals surface area contributed by atoms with Crippen LogP contribution in [-0.4, -0.2) is 9.55 Å². The largest absolute Gasteiger partial charge is 0.337 e. The summed E-state index contributed by atoms with van der Waals surface area (Å²) in [7, 11) is 0. The van der Waals surface area contributed by atoms with Crippen LogP contribution in [0.2, 0.25) is 0 Å². The summed E-state index contributed by atoms with van der Waals surface area (Å²) in [5.41, 5.74) is 0. The summed E-state index contributed by atoms with van der Waals surface area (Å²) in [6.45, 7) is 3.42. The third-order valence-electron chi connectivity index (χ3n) is 4.08. The molecule has 0 radical (unpaired) electrons. The zero-order valence-corrected chi connectivity index (χ0v) is 15.6.